The van der Waals surface area contributed by atoms with Gasteiger partial charge < -0.3 is 9.88 Å². The van der Waals surface area contributed by atoms with Gasteiger partial charge in [0.2, 0.25) is 0 Å². The Morgan fingerprint density at radius 3 is 2.73 bits per heavy atom. The van der Waals surface area contributed by atoms with E-state index in [-0.39, 0.29) is 5.69 Å². The Balaban J connectivity index is 1.70. The number of nitrogens with one attached hydrogen (secondary N) is 2. The van der Waals surface area contributed by atoms with Crippen molar-refractivity contribution in [3.63, 3.8) is 0 Å². The van der Waals surface area contributed by atoms with Gasteiger partial charge in [0.05, 0.1) is 12.0 Å². The van der Waals surface area contributed by atoms with Crippen molar-refractivity contribution in [2.24, 2.45) is 0 Å². The highest BCUT2D eigenvalue weighted by molar-refractivity contribution is 5.42. The Labute approximate surface area is 153 Å². The summed E-state index contributed by atoms with van der Waals surface area (Å²) in [5.74, 6) is 0.856. The molecule has 0 spiro atoms. The number of anilines is 1. The highest BCUT2D eigenvalue weighted by Crippen LogP contribution is 2.16. The molecule has 6 heteroatoms. The molecule has 0 atom stereocenters. The van der Waals surface area contributed by atoms with Crippen molar-refractivity contribution in [1.82, 2.24) is 19.1 Å². The van der Waals surface area contributed by atoms with Crippen LogP contribution in [-0.4, -0.2) is 19.1 Å². The van der Waals surface area contributed by atoms with Crippen LogP contribution in [0.3, 0.4) is 0 Å². The van der Waals surface area contributed by atoms with E-state index >= 15 is 0 Å². The second-order valence-corrected chi connectivity index (χ2v) is 6.50. The molecule has 0 aliphatic rings. The number of hydrogen-bond donors (Lipinski definition) is 2. The highest BCUT2D eigenvalue weighted by atomic mass is 16.1. The van der Waals surface area contributed by atoms with Gasteiger partial charge in [-0.05, 0) is 24.8 Å². The smallest absolute Gasteiger partial charge is 0.327 e. The van der Waals surface area contributed by atoms with E-state index in [0.29, 0.717) is 13.1 Å². The van der Waals surface area contributed by atoms with Crippen LogP contribution in [0.1, 0.15) is 37.4 Å². The molecule has 0 saturated carbocycles. The van der Waals surface area contributed by atoms with Gasteiger partial charge in [-0.2, -0.15) is 0 Å². The van der Waals surface area contributed by atoms with Crippen molar-refractivity contribution in [3.05, 3.63) is 70.8 Å². The average molecular weight is 353 g/mol. The zero-order valence-electron chi connectivity index (χ0n) is 15.3. The van der Waals surface area contributed by atoms with Crippen LogP contribution in [0.15, 0.2) is 53.8 Å². The van der Waals surface area contributed by atoms with E-state index in [9.17, 15) is 4.79 Å². The summed E-state index contributed by atoms with van der Waals surface area (Å²) in [6, 6.07) is 10.2. The first kappa shape index (κ1) is 18.0. The lowest BCUT2D eigenvalue weighted by Crippen LogP contribution is -2.20. The summed E-state index contributed by atoms with van der Waals surface area (Å²) in [5.41, 5.74) is 2.25. The normalized spacial score (nSPS) is 11.0. The number of aryl methyl sites for hydroxylation is 1. The van der Waals surface area contributed by atoms with Gasteiger partial charge in [-0.25, -0.2) is 9.78 Å². The Bertz CT molecular complexity index is 833. The quantitative estimate of drug-likeness (QED) is 0.587. The fourth-order valence-corrected chi connectivity index (χ4v) is 3.11. The minimum absolute atomic E-state index is 0.0303. The number of unbranched alkanes of at least 4 members (excludes halogenated alkanes) is 1. The maximum absolute atomic E-state index is 12.5. The molecule has 0 saturated heterocycles. The van der Waals surface area contributed by atoms with Crippen LogP contribution in [0, 0.1) is 0 Å². The van der Waals surface area contributed by atoms with Crippen LogP contribution >= 0.6 is 0 Å². The van der Waals surface area contributed by atoms with Crippen molar-refractivity contribution < 1.29 is 0 Å². The molecule has 6 nitrogen and oxygen atoms in total. The molecule has 0 unspecified atom stereocenters. The number of rotatable bonds is 10. The van der Waals surface area contributed by atoms with Crippen LogP contribution in [0.2, 0.25) is 0 Å². The van der Waals surface area contributed by atoms with Crippen molar-refractivity contribution in [1.29, 1.82) is 0 Å². The maximum Gasteiger partial charge on any atom is 0.327 e. The zero-order chi connectivity index (χ0) is 18.2. The Kier molecular flexibility index (Phi) is 6.30. The predicted molar refractivity (Wildman–Crippen MR) is 104 cm³/mol. The van der Waals surface area contributed by atoms with E-state index in [1.54, 1.807) is 6.20 Å². The summed E-state index contributed by atoms with van der Waals surface area (Å²) >= 11 is 0. The largest absolute Gasteiger partial charge is 0.366 e. The van der Waals surface area contributed by atoms with Gasteiger partial charge in [0.1, 0.15) is 5.82 Å². The molecule has 0 aliphatic carbocycles. The second-order valence-electron chi connectivity index (χ2n) is 6.50. The second kappa shape index (κ2) is 9.08. The van der Waals surface area contributed by atoms with Gasteiger partial charge in [0.25, 0.3) is 0 Å². The number of aromatic amines is 1. The number of imidazole rings is 2. The van der Waals surface area contributed by atoms with E-state index in [1.165, 1.54) is 5.56 Å². The number of benzene rings is 1. The molecule has 0 bridgehead atoms. The Morgan fingerprint density at radius 1 is 1.15 bits per heavy atom. The number of aromatic nitrogens is 4. The van der Waals surface area contributed by atoms with Crippen LogP contribution in [0.5, 0.6) is 0 Å². The fourth-order valence-electron chi connectivity index (χ4n) is 3.11. The summed E-state index contributed by atoms with van der Waals surface area (Å²) in [4.78, 5) is 19.5. The SMILES string of the molecule is CCCCc1c(NCc2ccccc2)[nH]c(=O)n1CCCn1ccnc1. The third kappa shape index (κ3) is 4.65. The minimum Gasteiger partial charge on any atom is -0.366 e. The number of hydrogen-bond acceptors (Lipinski definition) is 3. The summed E-state index contributed by atoms with van der Waals surface area (Å²) < 4.78 is 3.93. The van der Waals surface area contributed by atoms with Gasteiger partial charge in [0, 0.05) is 32.0 Å². The van der Waals surface area contributed by atoms with Crippen LogP contribution < -0.4 is 11.0 Å². The van der Waals surface area contributed by atoms with E-state index in [1.807, 2.05) is 39.9 Å². The number of H-pyrrole nitrogens is 1. The van der Waals surface area contributed by atoms with E-state index < -0.39 is 0 Å². The molecule has 2 N–H and O–H groups in total. The zero-order valence-corrected chi connectivity index (χ0v) is 15.3. The van der Waals surface area contributed by atoms with Crippen molar-refractivity contribution in [2.75, 3.05) is 5.32 Å². The fraction of sp³-hybridized carbons (Fsp3) is 0.400. The molecule has 0 radical (unpaired) electrons. The Morgan fingerprint density at radius 2 is 2.00 bits per heavy atom. The van der Waals surface area contributed by atoms with Gasteiger partial charge in [-0.15, -0.1) is 0 Å². The molecule has 26 heavy (non-hydrogen) atoms. The molecular weight excluding hydrogens is 326 g/mol. The van der Waals surface area contributed by atoms with Crippen molar-refractivity contribution >= 4 is 5.82 Å². The summed E-state index contributed by atoms with van der Waals surface area (Å²) in [6.07, 6.45) is 9.50. The van der Waals surface area contributed by atoms with Crippen molar-refractivity contribution in [3.8, 4) is 0 Å². The lowest BCUT2D eigenvalue weighted by atomic mass is 10.2. The standard InChI is InChI=1S/C20H27N5O/c1-2-3-10-18-19(22-15-17-8-5-4-6-9-17)23-20(26)25(18)13-7-12-24-14-11-21-16-24/h4-6,8-9,11,14,16,22H,2-3,7,10,12-13,15H2,1H3,(H,23,26). The molecule has 0 aliphatic heterocycles. The third-order valence-corrected chi connectivity index (χ3v) is 4.53. The minimum atomic E-state index is -0.0303. The van der Waals surface area contributed by atoms with Crippen molar-refractivity contribution in [2.45, 2.75) is 52.2 Å². The van der Waals surface area contributed by atoms with E-state index in [4.69, 9.17) is 0 Å². The summed E-state index contributed by atoms with van der Waals surface area (Å²) in [7, 11) is 0. The summed E-state index contributed by atoms with van der Waals surface area (Å²) in [5, 5.41) is 3.41. The third-order valence-electron chi connectivity index (χ3n) is 4.53. The van der Waals surface area contributed by atoms with E-state index in [0.717, 1.165) is 43.7 Å². The predicted octanol–water partition coefficient (Wildman–Crippen LogP) is 3.42. The topological polar surface area (TPSA) is 67.6 Å². The lowest BCUT2D eigenvalue weighted by Gasteiger charge is -2.11. The van der Waals surface area contributed by atoms with Gasteiger partial charge in [-0.1, -0.05) is 43.7 Å². The molecule has 1 aromatic carbocycles. The van der Waals surface area contributed by atoms with Crippen LogP contribution in [0.25, 0.3) is 0 Å². The monoisotopic (exact) mass is 353 g/mol. The molecule has 2 heterocycles. The van der Waals surface area contributed by atoms with Crippen LogP contribution in [0.4, 0.5) is 5.82 Å². The molecule has 0 fully saturated rings. The highest BCUT2D eigenvalue weighted by Gasteiger charge is 2.13. The molecular formula is C20H27N5O. The first-order chi connectivity index (χ1) is 12.8. The van der Waals surface area contributed by atoms with E-state index in [2.05, 4.69) is 34.3 Å². The van der Waals surface area contributed by atoms with Gasteiger partial charge >= 0.3 is 5.69 Å². The van der Waals surface area contributed by atoms with Gasteiger partial charge in [-0.3, -0.25) is 9.55 Å². The van der Waals surface area contributed by atoms with Crippen LogP contribution in [-0.2, 0) is 26.1 Å². The Hall–Kier alpha value is -2.76. The molecule has 3 aromatic rings. The first-order valence-electron chi connectivity index (χ1n) is 9.33. The van der Waals surface area contributed by atoms with Gasteiger partial charge in [0.15, 0.2) is 0 Å². The molecule has 138 valence electrons. The maximum atomic E-state index is 12.5. The first-order valence-corrected chi connectivity index (χ1v) is 9.33. The molecule has 3 rings (SSSR count). The summed E-state index contributed by atoms with van der Waals surface area (Å²) in [6.45, 7) is 4.44. The molecule has 2 aromatic heterocycles. The lowest BCUT2D eigenvalue weighted by molar-refractivity contribution is 0.537. The molecule has 0 amide bonds. The number of nitrogens with zero attached hydrogens (tertiary/aromatic N) is 3. The average Bonchev–Trinajstić information content (AvgIpc) is 3.28.